The fourth-order valence-corrected chi connectivity index (χ4v) is 2.28. The van der Waals surface area contributed by atoms with Crippen LogP contribution in [0.3, 0.4) is 0 Å². The summed E-state index contributed by atoms with van der Waals surface area (Å²) in [5.41, 5.74) is 0.273. The summed E-state index contributed by atoms with van der Waals surface area (Å²) in [6, 6.07) is 6.20. The Labute approximate surface area is 116 Å². The van der Waals surface area contributed by atoms with Crippen molar-refractivity contribution in [3.63, 3.8) is 0 Å². The van der Waals surface area contributed by atoms with E-state index in [0.717, 1.165) is 25.9 Å². The van der Waals surface area contributed by atoms with Crippen LogP contribution in [0.5, 0.6) is 5.75 Å². The first-order valence-corrected chi connectivity index (χ1v) is 6.71. The lowest BCUT2D eigenvalue weighted by Crippen LogP contribution is -2.36. The summed E-state index contributed by atoms with van der Waals surface area (Å²) in [5, 5.41) is 2.62. The van der Waals surface area contributed by atoms with Crippen molar-refractivity contribution in [2.75, 3.05) is 25.0 Å². The molecule has 1 saturated heterocycles. The van der Waals surface area contributed by atoms with Crippen molar-refractivity contribution in [3.8, 4) is 5.75 Å². The van der Waals surface area contributed by atoms with Crippen molar-refractivity contribution >= 4 is 11.6 Å². The van der Waals surface area contributed by atoms with Crippen LogP contribution in [0.15, 0.2) is 24.3 Å². The van der Waals surface area contributed by atoms with E-state index >= 15 is 0 Å². The van der Waals surface area contributed by atoms with Gasteiger partial charge in [-0.25, -0.2) is 0 Å². The molecule has 1 N–H and O–H groups in total. The molecule has 0 saturated carbocycles. The quantitative estimate of drug-likeness (QED) is 0.904. The maximum atomic E-state index is 12.3. The van der Waals surface area contributed by atoms with E-state index in [9.17, 15) is 13.6 Å². The monoisotopic (exact) mass is 284 g/mol. The van der Waals surface area contributed by atoms with E-state index in [0.29, 0.717) is 0 Å². The fraction of sp³-hybridized carbons (Fsp3) is 0.500. The third kappa shape index (κ3) is 4.45. The zero-order valence-electron chi connectivity index (χ0n) is 11.1. The van der Waals surface area contributed by atoms with E-state index in [4.69, 9.17) is 0 Å². The number of benzene rings is 1. The van der Waals surface area contributed by atoms with Gasteiger partial charge in [0.2, 0.25) is 5.91 Å². The number of nitrogens with zero attached hydrogens (tertiary/aromatic N) is 1. The number of piperidine rings is 1. The molecule has 1 aromatic rings. The van der Waals surface area contributed by atoms with Gasteiger partial charge in [-0.1, -0.05) is 18.6 Å². The van der Waals surface area contributed by atoms with Crippen LogP contribution in [-0.2, 0) is 4.79 Å². The molecule has 1 amide bonds. The van der Waals surface area contributed by atoms with Gasteiger partial charge in [-0.05, 0) is 38.1 Å². The minimum absolute atomic E-state index is 0.0190. The van der Waals surface area contributed by atoms with Crippen molar-refractivity contribution in [3.05, 3.63) is 24.3 Å². The highest BCUT2D eigenvalue weighted by Gasteiger charge is 2.16. The Balaban J connectivity index is 1.93. The average Bonchev–Trinajstić information content (AvgIpc) is 2.41. The molecule has 1 aliphatic heterocycles. The number of hydrogen-bond donors (Lipinski definition) is 1. The Hall–Kier alpha value is -1.69. The molecule has 0 spiro atoms. The van der Waals surface area contributed by atoms with Gasteiger partial charge in [0.05, 0.1) is 12.2 Å². The predicted octanol–water partition coefficient (Wildman–Crippen LogP) is 2.71. The highest BCUT2D eigenvalue weighted by molar-refractivity contribution is 5.93. The lowest BCUT2D eigenvalue weighted by molar-refractivity contribution is -0.117. The molecule has 2 rings (SSSR count). The number of carbonyl (C=O) groups is 1. The summed E-state index contributed by atoms with van der Waals surface area (Å²) >= 11 is 0. The van der Waals surface area contributed by atoms with Gasteiger partial charge < -0.3 is 10.1 Å². The number of rotatable bonds is 5. The van der Waals surface area contributed by atoms with Crippen LogP contribution in [0.4, 0.5) is 14.5 Å². The van der Waals surface area contributed by atoms with Gasteiger partial charge in [0.1, 0.15) is 5.75 Å². The second-order valence-electron chi connectivity index (χ2n) is 4.76. The third-order valence-electron chi connectivity index (χ3n) is 3.19. The maximum Gasteiger partial charge on any atom is 0.387 e. The number of likely N-dealkylation sites (tertiary alicyclic amines) is 1. The SMILES string of the molecule is O=C(CN1CCCCC1)Nc1ccccc1OC(F)F. The summed E-state index contributed by atoms with van der Waals surface area (Å²) in [6.45, 7) is -0.816. The predicted molar refractivity (Wildman–Crippen MR) is 72.0 cm³/mol. The van der Waals surface area contributed by atoms with Gasteiger partial charge in [-0.3, -0.25) is 9.69 Å². The van der Waals surface area contributed by atoms with E-state index in [-0.39, 0.29) is 23.9 Å². The standard InChI is InChI=1S/C14H18F2N2O2/c15-14(16)20-12-7-3-2-6-11(12)17-13(19)10-18-8-4-1-5-9-18/h2-3,6-7,14H,1,4-5,8-10H2,(H,17,19). The van der Waals surface area contributed by atoms with Crippen LogP contribution < -0.4 is 10.1 Å². The van der Waals surface area contributed by atoms with Gasteiger partial charge in [0.25, 0.3) is 0 Å². The van der Waals surface area contributed by atoms with Crippen molar-refractivity contribution in [2.24, 2.45) is 0 Å². The van der Waals surface area contributed by atoms with E-state index < -0.39 is 6.61 Å². The zero-order chi connectivity index (χ0) is 14.4. The van der Waals surface area contributed by atoms with Gasteiger partial charge >= 0.3 is 6.61 Å². The Bertz CT molecular complexity index is 449. The van der Waals surface area contributed by atoms with Gasteiger partial charge in [0, 0.05) is 0 Å². The van der Waals surface area contributed by atoms with Crippen LogP contribution in [-0.4, -0.2) is 37.1 Å². The van der Waals surface area contributed by atoms with Gasteiger partial charge in [-0.15, -0.1) is 0 Å². The first-order chi connectivity index (χ1) is 9.65. The molecular weight excluding hydrogens is 266 g/mol. The first kappa shape index (κ1) is 14.7. The van der Waals surface area contributed by atoms with Crippen LogP contribution in [0.25, 0.3) is 0 Å². The number of hydrogen-bond acceptors (Lipinski definition) is 3. The minimum Gasteiger partial charge on any atom is -0.433 e. The molecule has 0 unspecified atom stereocenters. The van der Waals surface area contributed by atoms with Crippen molar-refractivity contribution < 1.29 is 18.3 Å². The molecule has 0 bridgehead atoms. The summed E-state index contributed by atoms with van der Waals surface area (Å²) in [7, 11) is 0. The summed E-state index contributed by atoms with van der Waals surface area (Å²) in [6.07, 6.45) is 3.39. The molecule has 1 heterocycles. The molecular formula is C14H18F2N2O2. The first-order valence-electron chi connectivity index (χ1n) is 6.71. The summed E-state index contributed by atoms with van der Waals surface area (Å²) in [4.78, 5) is 14.0. The number of ether oxygens (including phenoxy) is 1. The topological polar surface area (TPSA) is 41.6 Å². The van der Waals surface area contributed by atoms with E-state index in [1.165, 1.54) is 12.5 Å². The smallest absolute Gasteiger partial charge is 0.387 e. The van der Waals surface area contributed by atoms with E-state index in [1.54, 1.807) is 18.2 Å². The largest absolute Gasteiger partial charge is 0.433 e. The fourth-order valence-electron chi connectivity index (χ4n) is 2.28. The Morgan fingerprint density at radius 3 is 2.65 bits per heavy atom. The molecule has 4 nitrogen and oxygen atoms in total. The number of anilines is 1. The minimum atomic E-state index is -2.91. The zero-order valence-corrected chi connectivity index (χ0v) is 11.1. The number of amides is 1. The molecule has 1 fully saturated rings. The van der Waals surface area contributed by atoms with E-state index in [1.807, 2.05) is 0 Å². The lowest BCUT2D eigenvalue weighted by atomic mass is 10.1. The second-order valence-corrected chi connectivity index (χ2v) is 4.76. The molecule has 0 aromatic heterocycles. The van der Waals surface area contributed by atoms with Crippen LogP contribution in [0.1, 0.15) is 19.3 Å². The number of para-hydroxylation sites is 2. The molecule has 6 heteroatoms. The summed E-state index contributed by atoms with van der Waals surface area (Å²) < 4.78 is 28.9. The number of nitrogens with one attached hydrogen (secondary N) is 1. The highest BCUT2D eigenvalue weighted by atomic mass is 19.3. The van der Waals surface area contributed by atoms with Crippen LogP contribution in [0.2, 0.25) is 0 Å². The maximum absolute atomic E-state index is 12.3. The molecule has 0 atom stereocenters. The molecule has 1 aromatic carbocycles. The Morgan fingerprint density at radius 2 is 1.95 bits per heavy atom. The van der Waals surface area contributed by atoms with Crippen molar-refractivity contribution in [1.29, 1.82) is 0 Å². The second kappa shape index (κ2) is 7.19. The Morgan fingerprint density at radius 1 is 1.25 bits per heavy atom. The normalized spacial score (nSPS) is 16.1. The third-order valence-corrected chi connectivity index (χ3v) is 3.19. The molecule has 20 heavy (non-hydrogen) atoms. The Kier molecular flexibility index (Phi) is 5.29. The molecule has 1 aliphatic rings. The average molecular weight is 284 g/mol. The number of halogens is 2. The highest BCUT2D eigenvalue weighted by Crippen LogP contribution is 2.25. The number of alkyl halides is 2. The van der Waals surface area contributed by atoms with Crippen LogP contribution >= 0.6 is 0 Å². The summed E-state index contributed by atoms with van der Waals surface area (Å²) in [5.74, 6) is -0.230. The van der Waals surface area contributed by atoms with Gasteiger partial charge in [-0.2, -0.15) is 8.78 Å². The van der Waals surface area contributed by atoms with Gasteiger partial charge in [0.15, 0.2) is 0 Å². The molecule has 110 valence electrons. The van der Waals surface area contributed by atoms with E-state index in [2.05, 4.69) is 15.0 Å². The molecule has 0 radical (unpaired) electrons. The van der Waals surface area contributed by atoms with Crippen molar-refractivity contribution in [1.82, 2.24) is 4.90 Å². The number of carbonyl (C=O) groups excluding carboxylic acids is 1. The lowest BCUT2D eigenvalue weighted by Gasteiger charge is -2.25. The molecule has 0 aliphatic carbocycles. The van der Waals surface area contributed by atoms with Crippen LogP contribution in [0, 0.1) is 0 Å². The van der Waals surface area contributed by atoms with Crippen molar-refractivity contribution in [2.45, 2.75) is 25.9 Å².